The topological polar surface area (TPSA) is 33.1 Å². The average Bonchev–Trinajstić information content (AvgIpc) is 2.37. The second-order valence-electron chi connectivity index (χ2n) is 3.89. The molecular formula is C13H9F4NO. The van der Waals surface area contributed by atoms with E-state index in [1.807, 2.05) is 0 Å². The van der Waals surface area contributed by atoms with Gasteiger partial charge >= 0.3 is 6.18 Å². The molecule has 0 bridgehead atoms. The Labute approximate surface area is 106 Å². The minimum Gasteiger partial charge on any atom is -0.382 e. The van der Waals surface area contributed by atoms with Gasteiger partial charge in [0.05, 0.1) is 11.3 Å². The van der Waals surface area contributed by atoms with Crippen LogP contribution in [0, 0.1) is 5.82 Å². The van der Waals surface area contributed by atoms with Crippen LogP contribution in [0.2, 0.25) is 0 Å². The van der Waals surface area contributed by atoms with Crippen molar-refractivity contribution in [1.82, 2.24) is 4.98 Å². The molecule has 2 nitrogen and oxygen atoms in total. The van der Waals surface area contributed by atoms with E-state index < -0.39 is 23.7 Å². The van der Waals surface area contributed by atoms with E-state index in [1.165, 1.54) is 12.3 Å². The fourth-order valence-electron chi connectivity index (χ4n) is 1.64. The summed E-state index contributed by atoms with van der Waals surface area (Å²) in [6, 6.07) is 7.06. The Balaban J connectivity index is 2.35. The van der Waals surface area contributed by atoms with Crippen molar-refractivity contribution >= 4 is 0 Å². The number of aromatic nitrogens is 1. The highest BCUT2D eigenvalue weighted by molar-refractivity contribution is 5.31. The van der Waals surface area contributed by atoms with Crippen molar-refractivity contribution < 1.29 is 22.7 Å². The fourth-order valence-corrected chi connectivity index (χ4v) is 1.64. The van der Waals surface area contributed by atoms with Gasteiger partial charge in [0.25, 0.3) is 0 Å². The molecule has 0 spiro atoms. The second kappa shape index (κ2) is 4.97. The maximum atomic E-state index is 13.4. The summed E-state index contributed by atoms with van der Waals surface area (Å²) < 4.78 is 50.5. The van der Waals surface area contributed by atoms with Crippen LogP contribution in [0.3, 0.4) is 0 Å². The smallest absolute Gasteiger partial charge is 0.382 e. The molecule has 0 radical (unpaired) electrons. The molecule has 0 saturated carbocycles. The van der Waals surface area contributed by atoms with Crippen molar-refractivity contribution in [3.63, 3.8) is 0 Å². The standard InChI is InChI=1S/C13H9F4NO/c14-10-7-8(4-5-9(10)13(15,16)17)12(19)11-3-1-2-6-18-11/h1-7,12,19H. The van der Waals surface area contributed by atoms with Crippen LogP contribution in [0.15, 0.2) is 42.6 Å². The van der Waals surface area contributed by atoms with Crippen molar-refractivity contribution in [2.24, 2.45) is 0 Å². The van der Waals surface area contributed by atoms with Gasteiger partial charge in [0, 0.05) is 6.20 Å². The number of halogens is 4. The number of nitrogens with zero attached hydrogens (tertiary/aromatic N) is 1. The SMILES string of the molecule is OC(c1ccc(C(F)(F)F)c(F)c1)c1ccccn1. The van der Waals surface area contributed by atoms with Crippen molar-refractivity contribution in [3.8, 4) is 0 Å². The summed E-state index contributed by atoms with van der Waals surface area (Å²) in [6.45, 7) is 0. The van der Waals surface area contributed by atoms with E-state index in [0.717, 1.165) is 6.07 Å². The number of hydrogen-bond donors (Lipinski definition) is 1. The van der Waals surface area contributed by atoms with E-state index in [1.54, 1.807) is 12.1 Å². The highest BCUT2D eigenvalue weighted by Gasteiger charge is 2.34. The quantitative estimate of drug-likeness (QED) is 0.850. The molecule has 0 aliphatic rings. The third-order valence-corrected chi connectivity index (χ3v) is 2.58. The monoisotopic (exact) mass is 271 g/mol. The first-order valence-electron chi connectivity index (χ1n) is 5.35. The summed E-state index contributed by atoms with van der Waals surface area (Å²) in [7, 11) is 0. The van der Waals surface area contributed by atoms with Crippen molar-refractivity contribution in [2.75, 3.05) is 0 Å². The normalized spacial score (nSPS) is 13.3. The van der Waals surface area contributed by atoms with Gasteiger partial charge in [0.2, 0.25) is 0 Å². The molecule has 2 rings (SSSR count). The zero-order valence-electron chi connectivity index (χ0n) is 9.53. The molecule has 1 N–H and O–H groups in total. The van der Waals surface area contributed by atoms with Crippen LogP contribution < -0.4 is 0 Å². The molecule has 0 saturated heterocycles. The van der Waals surface area contributed by atoms with Crippen LogP contribution in [0.1, 0.15) is 22.9 Å². The molecule has 100 valence electrons. The largest absolute Gasteiger partial charge is 0.419 e. The summed E-state index contributed by atoms with van der Waals surface area (Å²) in [4.78, 5) is 3.86. The molecule has 6 heteroatoms. The number of rotatable bonds is 2. The number of aliphatic hydroxyl groups is 1. The van der Waals surface area contributed by atoms with Gasteiger partial charge in [-0.3, -0.25) is 4.98 Å². The van der Waals surface area contributed by atoms with Gasteiger partial charge in [0.15, 0.2) is 0 Å². The number of alkyl halides is 3. The van der Waals surface area contributed by atoms with Gasteiger partial charge in [-0.25, -0.2) is 4.39 Å². The van der Waals surface area contributed by atoms with Crippen molar-refractivity contribution in [3.05, 3.63) is 65.2 Å². The Bertz CT molecular complexity index is 569. The summed E-state index contributed by atoms with van der Waals surface area (Å²) >= 11 is 0. The summed E-state index contributed by atoms with van der Waals surface area (Å²) in [5.74, 6) is -1.42. The zero-order valence-corrected chi connectivity index (χ0v) is 9.53. The Hall–Kier alpha value is -1.95. The molecule has 0 aliphatic heterocycles. The first-order valence-corrected chi connectivity index (χ1v) is 5.35. The molecule has 1 aromatic heterocycles. The minimum atomic E-state index is -4.75. The second-order valence-corrected chi connectivity index (χ2v) is 3.89. The molecule has 1 heterocycles. The third-order valence-electron chi connectivity index (χ3n) is 2.58. The van der Waals surface area contributed by atoms with E-state index in [-0.39, 0.29) is 11.3 Å². The van der Waals surface area contributed by atoms with Crippen LogP contribution in [0.4, 0.5) is 17.6 Å². The lowest BCUT2D eigenvalue weighted by Gasteiger charge is -2.13. The van der Waals surface area contributed by atoms with E-state index in [0.29, 0.717) is 12.1 Å². The van der Waals surface area contributed by atoms with Gasteiger partial charge in [-0.15, -0.1) is 0 Å². The lowest BCUT2D eigenvalue weighted by molar-refractivity contribution is -0.140. The molecule has 2 aromatic rings. The Morgan fingerprint density at radius 3 is 2.37 bits per heavy atom. The fraction of sp³-hybridized carbons (Fsp3) is 0.154. The van der Waals surface area contributed by atoms with Crippen LogP contribution in [-0.4, -0.2) is 10.1 Å². The molecule has 1 aromatic carbocycles. The van der Waals surface area contributed by atoms with Crippen molar-refractivity contribution in [1.29, 1.82) is 0 Å². The lowest BCUT2D eigenvalue weighted by Crippen LogP contribution is -2.10. The van der Waals surface area contributed by atoms with Crippen molar-refractivity contribution in [2.45, 2.75) is 12.3 Å². The predicted octanol–water partition coefficient (Wildman–Crippen LogP) is 3.32. The Morgan fingerprint density at radius 2 is 1.84 bits per heavy atom. The zero-order chi connectivity index (χ0) is 14.0. The Kier molecular flexibility index (Phi) is 3.53. The summed E-state index contributed by atoms with van der Waals surface area (Å²) in [6.07, 6.45) is -4.59. The van der Waals surface area contributed by atoms with Gasteiger partial charge in [-0.1, -0.05) is 12.1 Å². The van der Waals surface area contributed by atoms with E-state index in [9.17, 15) is 22.7 Å². The number of hydrogen-bond acceptors (Lipinski definition) is 2. The Morgan fingerprint density at radius 1 is 1.11 bits per heavy atom. The third kappa shape index (κ3) is 2.90. The lowest BCUT2D eigenvalue weighted by atomic mass is 10.0. The molecule has 0 amide bonds. The molecule has 1 atom stereocenters. The first kappa shape index (κ1) is 13.5. The summed E-state index contributed by atoms with van der Waals surface area (Å²) in [5, 5.41) is 9.90. The molecular weight excluding hydrogens is 262 g/mol. The van der Waals surface area contributed by atoms with Gasteiger partial charge in [-0.2, -0.15) is 13.2 Å². The van der Waals surface area contributed by atoms with E-state index in [4.69, 9.17) is 0 Å². The molecule has 1 unspecified atom stereocenters. The van der Waals surface area contributed by atoms with E-state index in [2.05, 4.69) is 4.98 Å². The average molecular weight is 271 g/mol. The maximum Gasteiger partial charge on any atom is 0.419 e. The van der Waals surface area contributed by atoms with Gasteiger partial charge in [-0.05, 0) is 29.8 Å². The number of benzene rings is 1. The van der Waals surface area contributed by atoms with Crippen LogP contribution >= 0.6 is 0 Å². The predicted molar refractivity (Wildman–Crippen MR) is 59.7 cm³/mol. The molecule has 19 heavy (non-hydrogen) atoms. The van der Waals surface area contributed by atoms with Crippen LogP contribution in [-0.2, 0) is 6.18 Å². The van der Waals surface area contributed by atoms with Gasteiger partial charge in [0.1, 0.15) is 11.9 Å². The molecule has 0 aliphatic carbocycles. The highest BCUT2D eigenvalue weighted by Crippen LogP contribution is 2.33. The number of pyridine rings is 1. The van der Waals surface area contributed by atoms with Gasteiger partial charge < -0.3 is 5.11 Å². The minimum absolute atomic E-state index is 0.0178. The first-order chi connectivity index (χ1) is 8.89. The molecule has 0 fully saturated rings. The maximum absolute atomic E-state index is 13.4. The van der Waals surface area contributed by atoms with E-state index >= 15 is 0 Å². The van der Waals surface area contributed by atoms with Crippen LogP contribution in [0.25, 0.3) is 0 Å². The van der Waals surface area contributed by atoms with Crippen LogP contribution in [0.5, 0.6) is 0 Å². The summed E-state index contributed by atoms with van der Waals surface area (Å²) in [5.41, 5.74) is -1.10. The number of aliphatic hydroxyl groups excluding tert-OH is 1. The highest BCUT2D eigenvalue weighted by atomic mass is 19.4.